The second kappa shape index (κ2) is 13.1. The number of benzene rings is 3. The number of carbonyl (C=O) groups is 1. The summed E-state index contributed by atoms with van der Waals surface area (Å²) in [6, 6.07) is 21.2. The van der Waals surface area contributed by atoms with Crippen molar-refractivity contribution in [2.24, 2.45) is 0 Å². The van der Waals surface area contributed by atoms with Crippen molar-refractivity contribution in [3.05, 3.63) is 110 Å². The number of morpholine rings is 1. The number of halogens is 1. The first kappa shape index (κ1) is 27.9. The molecule has 0 atom stereocenters. The normalized spacial score (nSPS) is 13.3. The van der Waals surface area contributed by atoms with Crippen molar-refractivity contribution in [2.45, 2.75) is 12.8 Å². The molecule has 2 heterocycles. The van der Waals surface area contributed by atoms with Gasteiger partial charge in [0.05, 0.1) is 18.1 Å². The van der Waals surface area contributed by atoms with Gasteiger partial charge in [-0.25, -0.2) is 0 Å². The molecule has 0 amide bonds. The maximum absolute atomic E-state index is 12.6. The quantitative estimate of drug-likeness (QED) is 0.193. The highest BCUT2D eigenvalue weighted by atomic mass is 35.5. The van der Waals surface area contributed by atoms with Gasteiger partial charge in [0, 0.05) is 48.8 Å². The highest BCUT2D eigenvalue weighted by molar-refractivity contribution is 6.30. The van der Waals surface area contributed by atoms with E-state index in [0.29, 0.717) is 67.5 Å². The molecule has 1 saturated heterocycles. The number of anilines is 3. The molecule has 0 aliphatic carbocycles. The Labute approximate surface area is 241 Å². The number of hydrogen-bond donors (Lipinski definition) is 1. The number of hydrogen-bond acceptors (Lipinski definition) is 9. The van der Waals surface area contributed by atoms with Crippen LogP contribution in [0.25, 0.3) is 12.2 Å². The molecule has 10 nitrogen and oxygen atoms in total. The number of ketones is 1. The van der Waals surface area contributed by atoms with E-state index >= 15 is 0 Å². The van der Waals surface area contributed by atoms with Crippen LogP contribution in [0.15, 0.2) is 72.8 Å². The zero-order chi connectivity index (χ0) is 28.6. The molecule has 1 N–H and O–H groups in total. The van der Waals surface area contributed by atoms with Gasteiger partial charge in [-0.2, -0.15) is 15.0 Å². The molecule has 208 valence electrons. The van der Waals surface area contributed by atoms with Gasteiger partial charge in [0.1, 0.15) is 5.78 Å². The minimum atomic E-state index is -0.431. The number of nitrogens with zero attached hydrogens (tertiary/aromatic N) is 5. The van der Waals surface area contributed by atoms with Crippen LogP contribution >= 0.6 is 11.6 Å². The molecule has 5 rings (SSSR count). The molecule has 0 bridgehead atoms. The van der Waals surface area contributed by atoms with Crippen molar-refractivity contribution < 1.29 is 14.5 Å². The van der Waals surface area contributed by atoms with Crippen LogP contribution in [0.2, 0.25) is 5.02 Å². The number of aromatic nitrogens is 3. The van der Waals surface area contributed by atoms with E-state index in [0.717, 1.165) is 16.8 Å². The van der Waals surface area contributed by atoms with Crippen molar-refractivity contribution >= 4 is 52.8 Å². The molecule has 4 aromatic rings. The van der Waals surface area contributed by atoms with Crippen molar-refractivity contribution in [2.75, 3.05) is 36.5 Å². The number of carbonyl (C=O) groups excluding carboxylic acids is 1. The predicted molar refractivity (Wildman–Crippen MR) is 158 cm³/mol. The summed E-state index contributed by atoms with van der Waals surface area (Å²) in [4.78, 5) is 39.0. The molecule has 0 saturated carbocycles. The molecule has 0 unspecified atom stereocenters. The van der Waals surface area contributed by atoms with Crippen molar-refractivity contribution in [1.82, 2.24) is 15.0 Å². The third-order valence-corrected chi connectivity index (χ3v) is 6.62. The van der Waals surface area contributed by atoms with E-state index in [4.69, 9.17) is 16.3 Å². The number of ether oxygens (including phenoxy) is 1. The molecular weight excluding hydrogens is 544 g/mol. The van der Waals surface area contributed by atoms with Gasteiger partial charge in [-0.05, 0) is 47.0 Å². The van der Waals surface area contributed by atoms with Crippen LogP contribution in [-0.2, 0) is 22.4 Å². The van der Waals surface area contributed by atoms with Crippen LogP contribution < -0.4 is 10.2 Å². The van der Waals surface area contributed by atoms with Gasteiger partial charge in [0.25, 0.3) is 5.69 Å². The van der Waals surface area contributed by atoms with E-state index in [1.54, 1.807) is 36.4 Å². The molecule has 1 aliphatic heterocycles. The first-order chi connectivity index (χ1) is 19.9. The lowest BCUT2D eigenvalue weighted by molar-refractivity contribution is -0.384. The summed E-state index contributed by atoms with van der Waals surface area (Å²) in [6.45, 7) is 2.45. The number of nitrogens with one attached hydrogen (secondary N) is 1. The van der Waals surface area contributed by atoms with Crippen LogP contribution in [0.1, 0.15) is 22.5 Å². The van der Waals surface area contributed by atoms with Gasteiger partial charge in [-0.1, -0.05) is 54.1 Å². The Hall–Kier alpha value is -4.67. The van der Waals surface area contributed by atoms with E-state index in [9.17, 15) is 14.9 Å². The van der Waals surface area contributed by atoms with E-state index in [1.807, 2.05) is 41.3 Å². The molecule has 1 aromatic heterocycles. The average Bonchev–Trinajstić information content (AvgIpc) is 2.99. The van der Waals surface area contributed by atoms with Gasteiger partial charge in [-0.15, -0.1) is 0 Å². The molecular formula is C30H27ClN6O4. The number of rotatable bonds is 10. The zero-order valence-corrected chi connectivity index (χ0v) is 22.8. The first-order valence-electron chi connectivity index (χ1n) is 13.0. The maximum atomic E-state index is 12.6. The molecule has 0 radical (unpaired) electrons. The fourth-order valence-corrected chi connectivity index (χ4v) is 4.41. The lowest BCUT2D eigenvalue weighted by atomic mass is 10.0. The Kier molecular flexibility index (Phi) is 8.92. The van der Waals surface area contributed by atoms with Crippen LogP contribution in [0, 0.1) is 10.1 Å². The largest absolute Gasteiger partial charge is 0.378 e. The average molecular weight is 571 g/mol. The number of Topliss-reactive ketones (excluding diaryl/α,β-unsaturated/α-hetero) is 1. The van der Waals surface area contributed by atoms with Gasteiger partial charge in [0.2, 0.25) is 11.9 Å². The molecule has 41 heavy (non-hydrogen) atoms. The standard InChI is InChI=1S/C30H27ClN6O4/c31-24-9-4-22(5-10-24)19-27(38)20-23-6-11-25(12-7-23)32-29-33-28(34-30(35-29)36-14-16-41-17-15-36)13-8-21-2-1-3-26(18-21)37(39)40/h1-13,18H,14-17,19-20H2,(H,32,33,34,35)/b13-8+. The molecule has 0 spiro atoms. The number of non-ortho nitro benzene ring substituents is 1. The highest BCUT2D eigenvalue weighted by Gasteiger charge is 2.16. The minimum absolute atomic E-state index is 0.00860. The predicted octanol–water partition coefficient (Wildman–Crippen LogP) is 5.54. The van der Waals surface area contributed by atoms with Gasteiger partial charge < -0.3 is 15.0 Å². The maximum Gasteiger partial charge on any atom is 0.270 e. The molecule has 3 aromatic carbocycles. The Morgan fingerprint density at radius 2 is 1.63 bits per heavy atom. The summed E-state index contributed by atoms with van der Waals surface area (Å²) in [7, 11) is 0. The van der Waals surface area contributed by atoms with E-state index in [-0.39, 0.29) is 11.5 Å². The summed E-state index contributed by atoms with van der Waals surface area (Å²) in [6.07, 6.45) is 4.09. The summed E-state index contributed by atoms with van der Waals surface area (Å²) < 4.78 is 5.46. The molecule has 1 aliphatic rings. The SMILES string of the molecule is O=C(Cc1ccc(Cl)cc1)Cc1ccc(Nc2nc(/C=C/c3cccc([N+](=O)[O-])c3)nc(N3CCOCC3)n2)cc1. The summed E-state index contributed by atoms with van der Waals surface area (Å²) >= 11 is 5.93. The van der Waals surface area contributed by atoms with Crippen molar-refractivity contribution in [1.29, 1.82) is 0 Å². The van der Waals surface area contributed by atoms with Gasteiger partial charge in [0.15, 0.2) is 5.82 Å². The summed E-state index contributed by atoms with van der Waals surface area (Å²) in [5.74, 6) is 1.38. The lowest BCUT2D eigenvalue weighted by Gasteiger charge is -2.27. The summed E-state index contributed by atoms with van der Waals surface area (Å²) in [5.41, 5.74) is 3.25. The topological polar surface area (TPSA) is 123 Å². The fourth-order valence-electron chi connectivity index (χ4n) is 4.28. The van der Waals surface area contributed by atoms with Gasteiger partial charge >= 0.3 is 0 Å². The number of nitro groups is 1. The summed E-state index contributed by atoms with van der Waals surface area (Å²) in [5, 5.41) is 15.0. The van der Waals surface area contributed by atoms with Crippen molar-refractivity contribution in [3.63, 3.8) is 0 Å². The first-order valence-corrected chi connectivity index (χ1v) is 13.4. The third kappa shape index (κ3) is 7.93. The lowest BCUT2D eigenvalue weighted by Crippen LogP contribution is -2.37. The second-order valence-electron chi connectivity index (χ2n) is 9.44. The minimum Gasteiger partial charge on any atom is -0.378 e. The van der Waals surface area contributed by atoms with Crippen molar-refractivity contribution in [3.8, 4) is 0 Å². The van der Waals surface area contributed by atoms with Crippen LogP contribution in [-0.4, -0.2) is 52.0 Å². The Bertz CT molecular complexity index is 1550. The smallest absolute Gasteiger partial charge is 0.270 e. The fraction of sp³-hybridized carbons (Fsp3) is 0.200. The Morgan fingerprint density at radius 3 is 2.32 bits per heavy atom. The Morgan fingerprint density at radius 1 is 0.951 bits per heavy atom. The van der Waals surface area contributed by atoms with E-state index in [2.05, 4.69) is 20.3 Å². The van der Waals surface area contributed by atoms with Crippen LogP contribution in [0.3, 0.4) is 0 Å². The second-order valence-corrected chi connectivity index (χ2v) is 9.88. The molecule has 11 heteroatoms. The van der Waals surface area contributed by atoms with Crippen LogP contribution in [0.4, 0.5) is 23.3 Å². The highest BCUT2D eigenvalue weighted by Crippen LogP contribution is 2.20. The zero-order valence-electron chi connectivity index (χ0n) is 22.1. The molecule has 1 fully saturated rings. The Balaban J connectivity index is 1.31. The van der Waals surface area contributed by atoms with Gasteiger partial charge in [-0.3, -0.25) is 14.9 Å². The third-order valence-electron chi connectivity index (χ3n) is 6.37. The van der Waals surface area contributed by atoms with Crippen LogP contribution in [0.5, 0.6) is 0 Å². The number of nitro benzene ring substituents is 1. The monoisotopic (exact) mass is 570 g/mol. The van der Waals surface area contributed by atoms with E-state index < -0.39 is 4.92 Å². The van der Waals surface area contributed by atoms with E-state index in [1.165, 1.54) is 12.1 Å².